The largest absolute Gasteiger partial charge is 0.300 e. The van der Waals surface area contributed by atoms with Gasteiger partial charge in [0.05, 0.1) is 17.6 Å². The molecule has 0 aliphatic carbocycles. The van der Waals surface area contributed by atoms with Crippen molar-refractivity contribution < 1.29 is 0 Å². The molecule has 3 heterocycles. The van der Waals surface area contributed by atoms with Gasteiger partial charge in [-0.2, -0.15) is 0 Å². The van der Waals surface area contributed by atoms with E-state index >= 15 is 0 Å². The first kappa shape index (κ1) is 8.85. The van der Waals surface area contributed by atoms with Crippen molar-refractivity contribution in [2.24, 2.45) is 0 Å². The van der Waals surface area contributed by atoms with E-state index < -0.39 is 0 Å². The third kappa shape index (κ3) is 1.33. The number of imidazole rings is 1. The lowest BCUT2D eigenvalue weighted by molar-refractivity contribution is 0.262. The Bertz CT molecular complexity index is 488. The lowest BCUT2D eigenvalue weighted by Crippen LogP contribution is -2.30. The van der Waals surface area contributed by atoms with E-state index in [9.17, 15) is 0 Å². The molecule has 0 aromatic carbocycles. The van der Waals surface area contributed by atoms with Crippen molar-refractivity contribution in [3.05, 3.63) is 30.0 Å². The van der Waals surface area contributed by atoms with E-state index in [1.807, 2.05) is 18.6 Å². The Kier molecular flexibility index (Phi) is 1.95. The minimum Gasteiger partial charge on any atom is -0.300 e. The lowest BCUT2D eigenvalue weighted by atomic mass is 10.1. The number of fused-ring (bicyclic) bond motifs is 3. The minimum atomic E-state index is 0.973. The van der Waals surface area contributed by atoms with Crippen LogP contribution in [0.15, 0.2) is 18.6 Å². The summed E-state index contributed by atoms with van der Waals surface area (Å²) in [5, 5.41) is 0. The molecule has 0 fully saturated rings. The summed E-state index contributed by atoms with van der Waals surface area (Å²) < 4.78 is 2.16. The molecule has 3 rings (SSSR count). The highest BCUT2D eigenvalue weighted by Gasteiger charge is 2.19. The smallest absolute Gasteiger partial charge is 0.155 e. The first-order chi connectivity index (χ1) is 7.38. The van der Waals surface area contributed by atoms with Gasteiger partial charge >= 0.3 is 0 Å². The van der Waals surface area contributed by atoms with Crippen LogP contribution in [-0.4, -0.2) is 32.4 Å². The quantitative estimate of drug-likeness (QED) is 0.694. The zero-order chi connectivity index (χ0) is 10.3. The maximum absolute atomic E-state index is 4.60. The molecule has 1 aliphatic rings. The summed E-state index contributed by atoms with van der Waals surface area (Å²) in [5.74, 6) is 0. The van der Waals surface area contributed by atoms with Crippen molar-refractivity contribution in [3.63, 3.8) is 0 Å². The average molecular weight is 202 g/mol. The third-order valence-corrected chi connectivity index (χ3v) is 3.10. The molecule has 4 nitrogen and oxygen atoms in total. The number of rotatable bonds is 1. The number of likely N-dealkylation sites (N-methyl/N-ethyl adjacent to an activating group) is 1. The Morgan fingerprint density at radius 1 is 1.47 bits per heavy atom. The van der Waals surface area contributed by atoms with E-state index in [4.69, 9.17) is 0 Å². The van der Waals surface area contributed by atoms with Gasteiger partial charge in [-0.05, 0) is 6.54 Å². The van der Waals surface area contributed by atoms with Crippen LogP contribution in [0.4, 0.5) is 0 Å². The van der Waals surface area contributed by atoms with E-state index in [1.165, 1.54) is 11.4 Å². The van der Waals surface area contributed by atoms with Crippen molar-refractivity contribution in [2.75, 3.05) is 13.1 Å². The van der Waals surface area contributed by atoms with Gasteiger partial charge in [-0.3, -0.25) is 14.3 Å². The molecule has 0 atom stereocenters. The average Bonchev–Trinajstić information content (AvgIpc) is 2.66. The summed E-state index contributed by atoms with van der Waals surface area (Å²) >= 11 is 0. The number of hydrogen-bond donors (Lipinski definition) is 0. The molecule has 0 bridgehead atoms. The standard InChI is InChI=1S/C11H14N4/c1-2-14-5-3-9-10(8-14)15-6-4-12-7-11(15)13-9/h4,6-7H,2-3,5,8H2,1H3. The van der Waals surface area contributed by atoms with Crippen LogP contribution in [0.2, 0.25) is 0 Å². The van der Waals surface area contributed by atoms with Crippen LogP contribution in [0.25, 0.3) is 5.65 Å². The summed E-state index contributed by atoms with van der Waals surface area (Å²) in [7, 11) is 0. The van der Waals surface area contributed by atoms with Gasteiger partial charge in [0, 0.05) is 31.9 Å². The fourth-order valence-electron chi connectivity index (χ4n) is 2.20. The summed E-state index contributed by atoms with van der Waals surface area (Å²) in [4.78, 5) is 11.1. The van der Waals surface area contributed by atoms with Crippen LogP contribution in [0.5, 0.6) is 0 Å². The van der Waals surface area contributed by atoms with Crippen molar-refractivity contribution in [3.8, 4) is 0 Å². The molecule has 78 valence electrons. The topological polar surface area (TPSA) is 33.4 Å². The zero-order valence-corrected chi connectivity index (χ0v) is 8.85. The molecular weight excluding hydrogens is 188 g/mol. The molecule has 1 aliphatic heterocycles. The highest BCUT2D eigenvalue weighted by molar-refractivity contribution is 5.41. The Hall–Kier alpha value is -1.42. The van der Waals surface area contributed by atoms with E-state index in [2.05, 4.69) is 26.2 Å². The Labute approximate surface area is 88.6 Å². The molecule has 0 amide bonds. The van der Waals surface area contributed by atoms with Gasteiger partial charge in [-0.15, -0.1) is 0 Å². The normalized spacial score (nSPS) is 16.9. The second-order valence-corrected chi connectivity index (χ2v) is 3.93. The van der Waals surface area contributed by atoms with Crippen LogP contribution in [-0.2, 0) is 13.0 Å². The molecule has 0 saturated heterocycles. The van der Waals surface area contributed by atoms with Crippen LogP contribution in [0.3, 0.4) is 0 Å². The second-order valence-electron chi connectivity index (χ2n) is 3.93. The van der Waals surface area contributed by atoms with Gasteiger partial charge in [0.15, 0.2) is 5.65 Å². The molecule has 0 unspecified atom stereocenters. The predicted octanol–water partition coefficient (Wildman–Crippen LogP) is 1.11. The SMILES string of the molecule is CCN1CCc2nc3cnccn3c2C1. The summed E-state index contributed by atoms with van der Waals surface area (Å²) in [6, 6.07) is 0. The van der Waals surface area contributed by atoms with Gasteiger partial charge in [-0.1, -0.05) is 6.92 Å². The fourth-order valence-corrected chi connectivity index (χ4v) is 2.20. The van der Waals surface area contributed by atoms with Crippen molar-refractivity contribution in [1.29, 1.82) is 0 Å². The van der Waals surface area contributed by atoms with Crippen LogP contribution >= 0.6 is 0 Å². The molecular formula is C11H14N4. The molecule has 0 spiro atoms. The predicted molar refractivity (Wildman–Crippen MR) is 57.6 cm³/mol. The third-order valence-electron chi connectivity index (χ3n) is 3.10. The highest BCUT2D eigenvalue weighted by Crippen LogP contribution is 2.19. The van der Waals surface area contributed by atoms with E-state index in [1.54, 1.807) is 0 Å². The molecule has 4 heteroatoms. The van der Waals surface area contributed by atoms with Gasteiger partial charge in [0.1, 0.15) is 0 Å². The van der Waals surface area contributed by atoms with Gasteiger partial charge in [0.2, 0.25) is 0 Å². The molecule has 0 N–H and O–H groups in total. The Morgan fingerprint density at radius 3 is 3.27 bits per heavy atom. The maximum atomic E-state index is 4.60. The molecule has 2 aromatic heterocycles. The van der Waals surface area contributed by atoms with Crippen LogP contribution < -0.4 is 0 Å². The van der Waals surface area contributed by atoms with E-state index in [-0.39, 0.29) is 0 Å². The summed E-state index contributed by atoms with van der Waals surface area (Å²) in [5.41, 5.74) is 3.55. The van der Waals surface area contributed by atoms with Gasteiger partial charge < -0.3 is 0 Å². The fraction of sp³-hybridized carbons (Fsp3) is 0.455. The number of hydrogen-bond acceptors (Lipinski definition) is 3. The van der Waals surface area contributed by atoms with Crippen molar-refractivity contribution >= 4 is 5.65 Å². The van der Waals surface area contributed by atoms with E-state index in [0.717, 1.165) is 31.7 Å². The van der Waals surface area contributed by atoms with Crippen molar-refractivity contribution in [1.82, 2.24) is 19.3 Å². The first-order valence-corrected chi connectivity index (χ1v) is 5.40. The first-order valence-electron chi connectivity index (χ1n) is 5.40. The monoisotopic (exact) mass is 202 g/mol. The number of nitrogens with zero attached hydrogens (tertiary/aromatic N) is 4. The lowest BCUT2D eigenvalue weighted by Gasteiger charge is -2.24. The van der Waals surface area contributed by atoms with Crippen molar-refractivity contribution in [2.45, 2.75) is 19.9 Å². The van der Waals surface area contributed by atoms with Crippen LogP contribution in [0, 0.1) is 0 Å². The Morgan fingerprint density at radius 2 is 2.40 bits per heavy atom. The Balaban J connectivity index is 2.14. The number of aromatic nitrogens is 3. The summed E-state index contributed by atoms with van der Waals surface area (Å²) in [6.07, 6.45) is 6.71. The summed E-state index contributed by atoms with van der Waals surface area (Å²) in [6.45, 7) is 5.45. The zero-order valence-electron chi connectivity index (χ0n) is 8.85. The molecule has 2 aromatic rings. The van der Waals surface area contributed by atoms with E-state index in [0.29, 0.717) is 0 Å². The van der Waals surface area contributed by atoms with Gasteiger partial charge in [0.25, 0.3) is 0 Å². The molecule has 15 heavy (non-hydrogen) atoms. The van der Waals surface area contributed by atoms with Crippen LogP contribution in [0.1, 0.15) is 18.3 Å². The van der Waals surface area contributed by atoms with Gasteiger partial charge in [-0.25, -0.2) is 4.98 Å². The highest BCUT2D eigenvalue weighted by atomic mass is 15.2. The maximum Gasteiger partial charge on any atom is 0.155 e. The minimum absolute atomic E-state index is 0.973. The molecule has 0 radical (unpaired) electrons. The molecule has 0 saturated carbocycles. The second kappa shape index (κ2) is 3.31.